The Labute approximate surface area is 159 Å². The van der Waals surface area contributed by atoms with E-state index in [1.807, 2.05) is 6.07 Å². The molecule has 9 heteroatoms. The van der Waals surface area contributed by atoms with Gasteiger partial charge >= 0.3 is 5.97 Å². The molecule has 1 aromatic carbocycles. The zero-order chi connectivity index (χ0) is 18.4. The molecule has 1 aliphatic rings. The first kappa shape index (κ1) is 18.7. The summed E-state index contributed by atoms with van der Waals surface area (Å²) in [6, 6.07) is 7.31. The Bertz CT molecular complexity index is 777. The van der Waals surface area contributed by atoms with Crippen molar-refractivity contribution in [2.24, 2.45) is 0 Å². The van der Waals surface area contributed by atoms with Gasteiger partial charge < -0.3 is 14.5 Å². The Morgan fingerprint density at radius 2 is 2.04 bits per heavy atom. The molecular formula is C17H18ClN3O4S. The van der Waals surface area contributed by atoms with Gasteiger partial charge in [0, 0.05) is 6.04 Å². The number of nitrogens with one attached hydrogen (secondary N) is 1. The van der Waals surface area contributed by atoms with Crippen LogP contribution in [0.4, 0.5) is 0 Å². The molecule has 1 amide bonds. The van der Waals surface area contributed by atoms with Gasteiger partial charge in [-0.15, -0.1) is 10.2 Å². The van der Waals surface area contributed by atoms with E-state index in [1.165, 1.54) is 0 Å². The second kappa shape index (κ2) is 9.05. The Balaban J connectivity index is 1.42. The minimum absolute atomic E-state index is 0.0269. The van der Waals surface area contributed by atoms with Gasteiger partial charge in [-0.2, -0.15) is 0 Å². The van der Waals surface area contributed by atoms with Crippen LogP contribution in [0.5, 0.6) is 0 Å². The number of hydrogen-bond acceptors (Lipinski definition) is 7. The first-order valence-corrected chi connectivity index (χ1v) is 9.64. The number of rotatable bonds is 7. The summed E-state index contributed by atoms with van der Waals surface area (Å²) in [6.45, 7) is -0.273. The zero-order valence-electron chi connectivity index (χ0n) is 13.9. The summed E-state index contributed by atoms with van der Waals surface area (Å²) in [5, 5.41) is 11.4. The van der Waals surface area contributed by atoms with E-state index in [4.69, 9.17) is 20.8 Å². The average molecular weight is 396 g/mol. The lowest BCUT2D eigenvalue weighted by molar-refractivity contribution is -0.146. The van der Waals surface area contributed by atoms with Crippen LogP contribution in [0.1, 0.15) is 25.7 Å². The monoisotopic (exact) mass is 395 g/mol. The molecule has 0 unspecified atom stereocenters. The highest BCUT2D eigenvalue weighted by molar-refractivity contribution is 7.99. The van der Waals surface area contributed by atoms with Gasteiger partial charge in [-0.25, -0.2) is 0 Å². The second-order valence-corrected chi connectivity index (χ2v) is 7.19. The molecule has 1 heterocycles. The molecule has 1 aromatic heterocycles. The quantitative estimate of drug-likeness (QED) is 0.568. The molecule has 0 aliphatic heterocycles. The molecule has 0 bridgehead atoms. The fourth-order valence-corrected chi connectivity index (χ4v) is 3.44. The van der Waals surface area contributed by atoms with Crippen molar-refractivity contribution >= 4 is 35.2 Å². The van der Waals surface area contributed by atoms with Crippen LogP contribution in [-0.2, 0) is 14.3 Å². The molecule has 26 heavy (non-hydrogen) atoms. The van der Waals surface area contributed by atoms with E-state index in [1.54, 1.807) is 18.2 Å². The Kier molecular flexibility index (Phi) is 6.51. The number of ether oxygens (including phenoxy) is 1. The van der Waals surface area contributed by atoms with E-state index in [9.17, 15) is 9.59 Å². The number of halogens is 1. The summed E-state index contributed by atoms with van der Waals surface area (Å²) >= 11 is 7.13. The van der Waals surface area contributed by atoms with Gasteiger partial charge in [-0.1, -0.05) is 48.3 Å². The van der Waals surface area contributed by atoms with Crippen molar-refractivity contribution in [2.45, 2.75) is 36.9 Å². The average Bonchev–Trinajstić information content (AvgIpc) is 3.30. The molecule has 0 atom stereocenters. The molecule has 0 radical (unpaired) electrons. The lowest BCUT2D eigenvalue weighted by Crippen LogP contribution is -2.36. The minimum Gasteiger partial charge on any atom is -0.455 e. The zero-order valence-corrected chi connectivity index (χ0v) is 15.5. The minimum atomic E-state index is -0.519. The molecule has 1 fully saturated rings. The van der Waals surface area contributed by atoms with E-state index >= 15 is 0 Å². The van der Waals surface area contributed by atoms with E-state index in [0.717, 1.165) is 37.4 Å². The highest BCUT2D eigenvalue weighted by Gasteiger charge is 2.18. The van der Waals surface area contributed by atoms with Crippen molar-refractivity contribution < 1.29 is 18.7 Å². The van der Waals surface area contributed by atoms with E-state index in [0.29, 0.717) is 10.6 Å². The van der Waals surface area contributed by atoms with E-state index < -0.39 is 5.97 Å². The van der Waals surface area contributed by atoms with Gasteiger partial charge in [0.05, 0.1) is 10.6 Å². The largest absolute Gasteiger partial charge is 0.455 e. The van der Waals surface area contributed by atoms with E-state index in [-0.39, 0.29) is 35.4 Å². The first-order chi connectivity index (χ1) is 12.6. The standard InChI is InChI=1S/C17H18ClN3O4S/c18-13-8-4-3-7-12(13)16-20-21-17(25-16)26-10-15(23)24-9-14(22)19-11-5-1-2-6-11/h3-4,7-8,11H,1-2,5-6,9-10H2,(H,19,22). The molecule has 1 aliphatic carbocycles. The molecule has 138 valence electrons. The van der Waals surface area contributed by atoms with Crippen molar-refractivity contribution in [3.05, 3.63) is 29.3 Å². The second-order valence-electron chi connectivity index (χ2n) is 5.85. The fraction of sp³-hybridized carbons (Fsp3) is 0.412. The van der Waals surface area contributed by atoms with Crippen LogP contribution in [0.25, 0.3) is 11.5 Å². The molecule has 1 N–H and O–H groups in total. The topological polar surface area (TPSA) is 94.3 Å². The predicted molar refractivity (Wildman–Crippen MR) is 96.8 cm³/mol. The maximum absolute atomic E-state index is 11.8. The molecule has 2 aromatic rings. The van der Waals surface area contributed by atoms with Gasteiger partial charge in [0.2, 0.25) is 5.89 Å². The molecule has 3 rings (SSSR count). The molecule has 0 saturated heterocycles. The van der Waals surface area contributed by atoms with Crippen molar-refractivity contribution in [1.29, 1.82) is 0 Å². The van der Waals surface area contributed by atoms with Gasteiger partial charge in [-0.05, 0) is 25.0 Å². The molecule has 1 saturated carbocycles. The summed E-state index contributed by atoms with van der Waals surface area (Å²) in [4.78, 5) is 23.5. The Morgan fingerprint density at radius 3 is 2.81 bits per heavy atom. The van der Waals surface area contributed by atoms with Crippen LogP contribution >= 0.6 is 23.4 Å². The number of esters is 1. The molecule has 0 spiro atoms. The summed E-state index contributed by atoms with van der Waals surface area (Å²) < 4.78 is 10.4. The molecular weight excluding hydrogens is 378 g/mol. The third-order valence-electron chi connectivity index (χ3n) is 3.91. The predicted octanol–water partition coefficient (Wildman–Crippen LogP) is 3.08. The summed E-state index contributed by atoms with van der Waals surface area (Å²) in [7, 11) is 0. The number of benzene rings is 1. The van der Waals surface area contributed by atoms with Crippen LogP contribution in [0.2, 0.25) is 5.02 Å². The maximum Gasteiger partial charge on any atom is 0.316 e. The first-order valence-electron chi connectivity index (χ1n) is 8.28. The summed E-state index contributed by atoms with van der Waals surface area (Å²) in [5.74, 6) is -0.536. The summed E-state index contributed by atoms with van der Waals surface area (Å²) in [5.41, 5.74) is 0.625. The lowest BCUT2D eigenvalue weighted by Gasteiger charge is -2.11. The Hall–Kier alpha value is -2.06. The smallest absolute Gasteiger partial charge is 0.316 e. The van der Waals surface area contributed by atoms with Crippen molar-refractivity contribution in [3.8, 4) is 11.5 Å². The number of aromatic nitrogens is 2. The number of thioether (sulfide) groups is 1. The van der Waals surface area contributed by atoms with Crippen LogP contribution < -0.4 is 5.32 Å². The highest BCUT2D eigenvalue weighted by Crippen LogP contribution is 2.28. The number of hydrogen-bond donors (Lipinski definition) is 1. The third-order valence-corrected chi connectivity index (χ3v) is 5.03. The lowest BCUT2D eigenvalue weighted by atomic mass is 10.2. The van der Waals surface area contributed by atoms with Gasteiger partial charge in [0.1, 0.15) is 5.75 Å². The summed E-state index contributed by atoms with van der Waals surface area (Å²) in [6.07, 6.45) is 4.23. The fourth-order valence-electron chi connectivity index (χ4n) is 2.66. The van der Waals surface area contributed by atoms with Crippen LogP contribution in [0.15, 0.2) is 33.9 Å². The Morgan fingerprint density at radius 1 is 1.27 bits per heavy atom. The number of amides is 1. The van der Waals surface area contributed by atoms with Crippen LogP contribution in [0.3, 0.4) is 0 Å². The highest BCUT2D eigenvalue weighted by atomic mass is 35.5. The maximum atomic E-state index is 11.8. The van der Waals surface area contributed by atoms with Crippen LogP contribution in [-0.4, -0.2) is 40.5 Å². The van der Waals surface area contributed by atoms with E-state index in [2.05, 4.69) is 15.5 Å². The van der Waals surface area contributed by atoms with Gasteiger partial charge in [0.15, 0.2) is 6.61 Å². The van der Waals surface area contributed by atoms with Crippen molar-refractivity contribution in [2.75, 3.05) is 12.4 Å². The normalized spacial score (nSPS) is 14.3. The number of nitrogens with zero attached hydrogens (tertiary/aromatic N) is 2. The molecule has 7 nitrogen and oxygen atoms in total. The SMILES string of the molecule is O=C(COC(=O)CSc1nnc(-c2ccccc2Cl)o1)NC1CCCC1. The van der Waals surface area contributed by atoms with Crippen molar-refractivity contribution in [1.82, 2.24) is 15.5 Å². The number of carbonyl (C=O) groups excluding carboxylic acids is 2. The van der Waals surface area contributed by atoms with Crippen molar-refractivity contribution in [3.63, 3.8) is 0 Å². The van der Waals surface area contributed by atoms with Gasteiger partial charge in [0.25, 0.3) is 11.1 Å². The third kappa shape index (κ3) is 5.22. The number of carbonyl (C=O) groups is 2. The van der Waals surface area contributed by atoms with Gasteiger partial charge in [-0.3, -0.25) is 9.59 Å². The van der Waals surface area contributed by atoms with Crippen LogP contribution in [0, 0.1) is 0 Å².